The van der Waals surface area contributed by atoms with E-state index in [1.165, 1.54) is 6.07 Å². The predicted molar refractivity (Wildman–Crippen MR) is 55.2 cm³/mol. The second-order valence-electron chi connectivity index (χ2n) is 3.01. The highest BCUT2D eigenvalue weighted by molar-refractivity contribution is 5.89. The number of hydrogen-bond donors (Lipinski definition) is 0. The Kier molecular flexibility index (Phi) is 2.34. The summed E-state index contributed by atoms with van der Waals surface area (Å²) >= 11 is 0. The van der Waals surface area contributed by atoms with Crippen LogP contribution in [0.5, 0.6) is 5.75 Å². The van der Waals surface area contributed by atoms with E-state index in [1.807, 2.05) is 30.3 Å². The fraction of sp³-hybridized carbons (Fsp3) is 0. The van der Waals surface area contributed by atoms with Crippen LogP contribution in [0.15, 0.2) is 42.5 Å². The van der Waals surface area contributed by atoms with E-state index in [9.17, 15) is 4.79 Å². The summed E-state index contributed by atoms with van der Waals surface area (Å²) in [6.45, 7) is 0. The number of rotatable bonds is 1. The van der Waals surface area contributed by atoms with Crippen molar-refractivity contribution in [2.75, 3.05) is 0 Å². The number of nitriles is 1. The van der Waals surface area contributed by atoms with Gasteiger partial charge in [-0.15, -0.1) is 0 Å². The minimum absolute atomic E-state index is 0.389. The van der Waals surface area contributed by atoms with Crippen LogP contribution in [0, 0.1) is 11.3 Å². The standard InChI is InChI=1S/C12H7NO2/c13-8-12(14)15-11-6-5-9-3-1-2-4-10(9)7-11/h1-7H. The first-order chi connectivity index (χ1) is 7.29. The number of esters is 1. The summed E-state index contributed by atoms with van der Waals surface area (Å²) in [4.78, 5) is 10.7. The lowest BCUT2D eigenvalue weighted by Gasteiger charge is -2.01. The third-order valence-electron chi connectivity index (χ3n) is 2.02. The molecule has 15 heavy (non-hydrogen) atoms. The van der Waals surface area contributed by atoms with Gasteiger partial charge in [0.2, 0.25) is 0 Å². The number of nitrogens with zero attached hydrogens (tertiary/aromatic N) is 1. The molecule has 0 aliphatic carbocycles. The molecule has 0 fully saturated rings. The molecule has 3 heteroatoms. The summed E-state index contributed by atoms with van der Waals surface area (Å²) in [5, 5.41) is 10.3. The van der Waals surface area contributed by atoms with E-state index >= 15 is 0 Å². The highest BCUT2D eigenvalue weighted by Crippen LogP contribution is 2.20. The Morgan fingerprint density at radius 1 is 1.13 bits per heavy atom. The second-order valence-corrected chi connectivity index (χ2v) is 3.01. The molecular weight excluding hydrogens is 190 g/mol. The van der Waals surface area contributed by atoms with Gasteiger partial charge in [0.05, 0.1) is 0 Å². The molecule has 2 aromatic carbocycles. The Morgan fingerprint density at radius 2 is 1.87 bits per heavy atom. The van der Waals surface area contributed by atoms with Crippen molar-refractivity contribution in [3.63, 3.8) is 0 Å². The number of carbonyl (C=O) groups is 1. The zero-order valence-electron chi connectivity index (χ0n) is 7.81. The number of carbonyl (C=O) groups excluding carboxylic acids is 1. The number of hydrogen-bond acceptors (Lipinski definition) is 3. The van der Waals surface area contributed by atoms with Crippen LogP contribution in [0.2, 0.25) is 0 Å². The third-order valence-corrected chi connectivity index (χ3v) is 2.02. The van der Waals surface area contributed by atoms with Gasteiger partial charge in [-0.1, -0.05) is 30.3 Å². The average molecular weight is 197 g/mol. The number of ether oxygens (including phenoxy) is 1. The van der Waals surface area contributed by atoms with Crippen LogP contribution in [0.25, 0.3) is 10.8 Å². The number of benzene rings is 2. The van der Waals surface area contributed by atoms with Gasteiger partial charge in [-0.3, -0.25) is 0 Å². The molecule has 0 atom stereocenters. The van der Waals surface area contributed by atoms with Crippen LogP contribution in [0.1, 0.15) is 0 Å². The monoisotopic (exact) mass is 197 g/mol. The lowest BCUT2D eigenvalue weighted by molar-refractivity contribution is -0.128. The van der Waals surface area contributed by atoms with Crippen molar-refractivity contribution in [2.24, 2.45) is 0 Å². The molecular formula is C12H7NO2. The summed E-state index contributed by atoms with van der Waals surface area (Å²) in [5.74, 6) is -0.509. The quantitative estimate of drug-likeness (QED) is 0.400. The van der Waals surface area contributed by atoms with E-state index in [4.69, 9.17) is 10.00 Å². The first-order valence-corrected chi connectivity index (χ1v) is 4.40. The molecule has 72 valence electrons. The molecule has 0 aliphatic heterocycles. The first-order valence-electron chi connectivity index (χ1n) is 4.40. The molecule has 0 aliphatic rings. The van der Waals surface area contributed by atoms with Crippen LogP contribution < -0.4 is 4.74 Å². The summed E-state index contributed by atoms with van der Waals surface area (Å²) in [6.07, 6.45) is 0. The van der Waals surface area contributed by atoms with Crippen LogP contribution >= 0.6 is 0 Å². The third kappa shape index (κ3) is 1.94. The SMILES string of the molecule is N#CC(=O)Oc1ccc2ccccc2c1. The summed E-state index contributed by atoms with van der Waals surface area (Å²) in [6, 6.07) is 14.3. The molecule has 0 radical (unpaired) electrons. The molecule has 0 saturated carbocycles. The van der Waals surface area contributed by atoms with Gasteiger partial charge in [0.25, 0.3) is 0 Å². The van der Waals surface area contributed by atoms with E-state index in [2.05, 4.69) is 0 Å². The topological polar surface area (TPSA) is 50.1 Å². The molecule has 0 heterocycles. The van der Waals surface area contributed by atoms with Crippen LogP contribution in [0.3, 0.4) is 0 Å². The van der Waals surface area contributed by atoms with Crippen LogP contribution in [0.4, 0.5) is 0 Å². The largest absolute Gasteiger partial charge is 0.416 e. The minimum atomic E-state index is -0.898. The highest BCUT2D eigenvalue weighted by Gasteiger charge is 2.02. The van der Waals surface area contributed by atoms with Crippen LogP contribution in [-0.2, 0) is 4.79 Å². The molecule has 2 rings (SSSR count). The molecule has 3 nitrogen and oxygen atoms in total. The van der Waals surface area contributed by atoms with Gasteiger partial charge in [-0.2, -0.15) is 5.26 Å². The maximum Gasteiger partial charge on any atom is 0.416 e. The summed E-state index contributed by atoms with van der Waals surface area (Å²) in [5.41, 5.74) is 0. The molecule has 0 saturated heterocycles. The van der Waals surface area contributed by atoms with Gasteiger partial charge in [0.15, 0.2) is 6.07 Å². The van der Waals surface area contributed by atoms with Crippen molar-refractivity contribution in [3.8, 4) is 11.8 Å². The van der Waals surface area contributed by atoms with E-state index in [1.54, 1.807) is 12.1 Å². The maximum atomic E-state index is 10.7. The van der Waals surface area contributed by atoms with Gasteiger partial charge in [-0.05, 0) is 22.9 Å². The van der Waals surface area contributed by atoms with Gasteiger partial charge in [0.1, 0.15) is 5.75 Å². The van der Waals surface area contributed by atoms with Crippen molar-refractivity contribution >= 4 is 16.7 Å². The van der Waals surface area contributed by atoms with Gasteiger partial charge >= 0.3 is 5.97 Å². The Bertz CT molecular complexity index is 555. The lowest BCUT2D eigenvalue weighted by atomic mass is 10.1. The van der Waals surface area contributed by atoms with E-state index in [0.29, 0.717) is 5.75 Å². The molecule has 0 bridgehead atoms. The lowest BCUT2D eigenvalue weighted by Crippen LogP contribution is -2.03. The molecule has 0 unspecified atom stereocenters. The maximum absolute atomic E-state index is 10.7. The first kappa shape index (κ1) is 9.22. The zero-order chi connectivity index (χ0) is 10.7. The Balaban J connectivity index is 2.39. The van der Waals surface area contributed by atoms with Crippen molar-refractivity contribution < 1.29 is 9.53 Å². The fourth-order valence-corrected chi connectivity index (χ4v) is 1.36. The van der Waals surface area contributed by atoms with Gasteiger partial charge < -0.3 is 4.74 Å². The van der Waals surface area contributed by atoms with E-state index < -0.39 is 5.97 Å². The highest BCUT2D eigenvalue weighted by atomic mass is 16.5. The molecule has 0 N–H and O–H groups in total. The van der Waals surface area contributed by atoms with Crippen LogP contribution in [-0.4, -0.2) is 5.97 Å². The second kappa shape index (κ2) is 3.81. The average Bonchev–Trinajstić information content (AvgIpc) is 2.29. The summed E-state index contributed by atoms with van der Waals surface area (Å²) < 4.78 is 4.77. The molecule has 2 aromatic rings. The van der Waals surface area contributed by atoms with Gasteiger partial charge in [0, 0.05) is 0 Å². The zero-order valence-corrected chi connectivity index (χ0v) is 7.81. The van der Waals surface area contributed by atoms with E-state index in [0.717, 1.165) is 10.8 Å². The van der Waals surface area contributed by atoms with Crippen molar-refractivity contribution in [1.82, 2.24) is 0 Å². The summed E-state index contributed by atoms with van der Waals surface area (Å²) in [7, 11) is 0. The van der Waals surface area contributed by atoms with E-state index in [-0.39, 0.29) is 0 Å². The Morgan fingerprint density at radius 3 is 2.60 bits per heavy atom. The molecule has 0 aromatic heterocycles. The smallest absolute Gasteiger partial charge is 0.415 e. The van der Waals surface area contributed by atoms with Gasteiger partial charge in [-0.25, -0.2) is 4.79 Å². The Hall–Kier alpha value is -2.34. The van der Waals surface area contributed by atoms with Crippen molar-refractivity contribution in [1.29, 1.82) is 5.26 Å². The minimum Gasteiger partial charge on any atom is -0.415 e. The fourth-order valence-electron chi connectivity index (χ4n) is 1.36. The molecule has 0 amide bonds. The van der Waals surface area contributed by atoms with Crippen molar-refractivity contribution in [3.05, 3.63) is 42.5 Å². The van der Waals surface area contributed by atoms with Crippen molar-refractivity contribution in [2.45, 2.75) is 0 Å². The Labute approximate surface area is 86.5 Å². The predicted octanol–water partition coefficient (Wildman–Crippen LogP) is 2.27. The normalized spacial score (nSPS) is 9.53. The number of fused-ring (bicyclic) bond motifs is 1. The molecule has 0 spiro atoms.